The number of carbonyl (C=O) groups is 1. The molecule has 0 aliphatic rings. The summed E-state index contributed by atoms with van der Waals surface area (Å²) in [6, 6.07) is 3.52. The van der Waals surface area contributed by atoms with Crippen molar-refractivity contribution >= 4 is 17.3 Å². The third-order valence-electron chi connectivity index (χ3n) is 1.67. The average molecular weight is 214 g/mol. The summed E-state index contributed by atoms with van der Waals surface area (Å²) in [4.78, 5) is 11.9. The largest absolute Gasteiger partial charge is 0.461 e. The number of ether oxygens (including phenoxy) is 1. The number of carbonyl (C=O) groups excluding carboxylic acids is 1. The number of rotatable bonds is 4. The second kappa shape index (κ2) is 4.57. The van der Waals surface area contributed by atoms with Gasteiger partial charge in [-0.3, -0.25) is 0 Å². The SMILES string of the molecule is CC(C)(O)CCOC(=O)c1cccs1. The van der Waals surface area contributed by atoms with E-state index in [-0.39, 0.29) is 12.6 Å². The lowest BCUT2D eigenvalue weighted by Crippen LogP contribution is -2.21. The molecule has 0 aliphatic heterocycles. The maximum absolute atomic E-state index is 11.3. The fourth-order valence-corrected chi connectivity index (χ4v) is 1.48. The molecule has 0 spiro atoms. The van der Waals surface area contributed by atoms with Crippen LogP contribution >= 0.6 is 11.3 Å². The molecule has 0 fully saturated rings. The first-order chi connectivity index (χ1) is 6.49. The van der Waals surface area contributed by atoms with Gasteiger partial charge in [-0.15, -0.1) is 11.3 Å². The quantitative estimate of drug-likeness (QED) is 0.780. The molecule has 1 aromatic rings. The lowest BCUT2D eigenvalue weighted by Gasteiger charge is -2.16. The minimum Gasteiger partial charge on any atom is -0.461 e. The summed E-state index contributed by atoms with van der Waals surface area (Å²) in [6.45, 7) is 3.62. The van der Waals surface area contributed by atoms with Crippen molar-refractivity contribution in [2.75, 3.05) is 6.61 Å². The molecule has 3 nitrogen and oxygen atoms in total. The highest BCUT2D eigenvalue weighted by Crippen LogP contribution is 2.12. The third kappa shape index (κ3) is 3.89. The van der Waals surface area contributed by atoms with Crippen LogP contribution in [0.3, 0.4) is 0 Å². The molecule has 0 amide bonds. The van der Waals surface area contributed by atoms with Gasteiger partial charge < -0.3 is 9.84 Å². The van der Waals surface area contributed by atoms with E-state index in [0.717, 1.165) is 0 Å². The Morgan fingerprint density at radius 3 is 2.86 bits per heavy atom. The van der Waals surface area contributed by atoms with E-state index in [2.05, 4.69) is 0 Å². The van der Waals surface area contributed by atoms with Crippen molar-refractivity contribution in [1.29, 1.82) is 0 Å². The second-order valence-corrected chi connectivity index (χ2v) is 4.62. The van der Waals surface area contributed by atoms with Crippen molar-refractivity contribution in [3.63, 3.8) is 0 Å². The molecule has 0 aliphatic carbocycles. The predicted molar refractivity (Wildman–Crippen MR) is 55.5 cm³/mol. The first-order valence-electron chi connectivity index (χ1n) is 4.42. The highest BCUT2D eigenvalue weighted by molar-refractivity contribution is 7.11. The Morgan fingerprint density at radius 2 is 2.36 bits per heavy atom. The van der Waals surface area contributed by atoms with Crippen LogP contribution in [-0.2, 0) is 4.74 Å². The summed E-state index contributed by atoms with van der Waals surface area (Å²) in [5.74, 6) is -0.316. The van der Waals surface area contributed by atoms with Crippen LogP contribution in [0.4, 0.5) is 0 Å². The molecule has 0 atom stereocenters. The van der Waals surface area contributed by atoms with Gasteiger partial charge in [0.15, 0.2) is 0 Å². The Balaban J connectivity index is 2.30. The van der Waals surface area contributed by atoms with Gasteiger partial charge in [0, 0.05) is 6.42 Å². The maximum atomic E-state index is 11.3. The van der Waals surface area contributed by atoms with Crippen LogP contribution in [0.25, 0.3) is 0 Å². The summed E-state index contributed by atoms with van der Waals surface area (Å²) in [7, 11) is 0. The van der Waals surface area contributed by atoms with Crippen molar-refractivity contribution in [3.8, 4) is 0 Å². The lowest BCUT2D eigenvalue weighted by molar-refractivity contribution is 0.0248. The number of thiophene rings is 1. The van der Waals surface area contributed by atoms with E-state index in [9.17, 15) is 9.90 Å². The summed E-state index contributed by atoms with van der Waals surface area (Å²) in [5.41, 5.74) is -0.782. The van der Waals surface area contributed by atoms with Gasteiger partial charge in [-0.2, -0.15) is 0 Å². The molecule has 14 heavy (non-hydrogen) atoms. The summed E-state index contributed by atoms with van der Waals surface area (Å²) in [6.07, 6.45) is 0.449. The third-order valence-corrected chi connectivity index (χ3v) is 2.52. The van der Waals surface area contributed by atoms with Crippen molar-refractivity contribution in [2.45, 2.75) is 25.9 Å². The highest BCUT2D eigenvalue weighted by atomic mass is 32.1. The molecule has 1 rings (SSSR count). The van der Waals surface area contributed by atoms with Crippen LogP contribution in [0, 0.1) is 0 Å². The summed E-state index contributed by atoms with van der Waals surface area (Å²) < 4.78 is 4.97. The second-order valence-electron chi connectivity index (χ2n) is 3.68. The standard InChI is InChI=1S/C10H14O3S/c1-10(2,12)5-6-13-9(11)8-4-3-7-14-8/h3-4,7,12H,5-6H2,1-2H3. The van der Waals surface area contributed by atoms with E-state index >= 15 is 0 Å². The molecular weight excluding hydrogens is 200 g/mol. The minimum atomic E-state index is -0.782. The van der Waals surface area contributed by atoms with Gasteiger partial charge in [0.1, 0.15) is 4.88 Å². The maximum Gasteiger partial charge on any atom is 0.348 e. The van der Waals surface area contributed by atoms with Gasteiger partial charge in [0.25, 0.3) is 0 Å². The van der Waals surface area contributed by atoms with Crippen molar-refractivity contribution < 1.29 is 14.6 Å². The van der Waals surface area contributed by atoms with Gasteiger partial charge in [-0.25, -0.2) is 4.79 Å². The monoisotopic (exact) mass is 214 g/mol. The lowest BCUT2D eigenvalue weighted by atomic mass is 10.1. The van der Waals surface area contributed by atoms with Gasteiger partial charge in [-0.1, -0.05) is 6.07 Å². The summed E-state index contributed by atoms with van der Waals surface area (Å²) in [5, 5.41) is 11.2. The molecule has 4 heteroatoms. The van der Waals surface area contributed by atoms with Gasteiger partial charge >= 0.3 is 5.97 Å². The van der Waals surface area contributed by atoms with Gasteiger partial charge in [0.05, 0.1) is 12.2 Å². The zero-order chi connectivity index (χ0) is 10.6. The predicted octanol–water partition coefficient (Wildman–Crippen LogP) is 2.07. The molecule has 0 saturated carbocycles. The van der Waals surface area contributed by atoms with Crippen LogP contribution in [0.1, 0.15) is 29.9 Å². The summed E-state index contributed by atoms with van der Waals surface area (Å²) >= 11 is 1.35. The topological polar surface area (TPSA) is 46.5 Å². The van der Waals surface area contributed by atoms with Crippen LogP contribution < -0.4 is 0 Å². The van der Waals surface area contributed by atoms with Crippen LogP contribution in [0.5, 0.6) is 0 Å². The molecule has 1 aromatic heterocycles. The van der Waals surface area contributed by atoms with E-state index in [0.29, 0.717) is 11.3 Å². The van der Waals surface area contributed by atoms with Crippen molar-refractivity contribution in [1.82, 2.24) is 0 Å². The van der Waals surface area contributed by atoms with E-state index in [1.807, 2.05) is 5.38 Å². The van der Waals surface area contributed by atoms with Crippen molar-refractivity contribution in [3.05, 3.63) is 22.4 Å². The zero-order valence-corrected chi connectivity index (χ0v) is 9.13. The van der Waals surface area contributed by atoms with E-state index in [1.165, 1.54) is 11.3 Å². The fraction of sp³-hybridized carbons (Fsp3) is 0.500. The minimum absolute atomic E-state index is 0.250. The molecule has 0 radical (unpaired) electrons. The fourth-order valence-electron chi connectivity index (χ4n) is 0.859. The van der Waals surface area contributed by atoms with Crippen molar-refractivity contribution in [2.24, 2.45) is 0 Å². The Kier molecular flexibility index (Phi) is 3.66. The van der Waals surface area contributed by atoms with Gasteiger partial charge in [0.2, 0.25) is 0 Å². The zero-order valence-electron chi connectivity index (χ0n) is 8.32. The number of hydrogen-bond acceptors (Lipinski definition) is 4. The normalized spacial score (nSPS) is 11.4. The smallest absolute Gasteiger partial charge is 0.348 e. The average Bonchev–Trinajstić information content (AvgIpc) is 2.53. The molecular formula is C10H14O3S. The van der Waals surface area contributed by atoms with Crippen LogP contribution in [-0.4, -0.2) is 23.3 Å². The Bertz CT molecular complexity index is 285. The Morgan fingerprint density at radius 1 is 1.64 bits per heavy atom. The molecule has 1 N–H and O–H groups in total. The first-order valence-corrected chi connectivity index (χ1v) is 5.30. The molecule has 0 saturated heterocycles. The number of aliphatic hydroxyl groups is 1. The van der Waals surface area contributed by atoms with Crippen LogP contribution in [0.15, 0.2) is 17.5 Å². The first kappa shape index (κ1) is 11.2. The number of hydrogen-bond donors (Lipinski definition) is 1. The molecule has 78 valence electrons. The van der Waals surface area contributed by atoms with E-state index in [4.69, 9.17) is 4.74 Å². The van der Waals surface area contributed by atoms with E-state index < -0.39 is 5.60 Å². The number of esters is 1. The molecule has 0 bridgehead atoms. The Labute approximate surface area is 87.3 Å². The molecule has 0 aromatic carbocycles. The van der Waals surface area contributed by atoms with Crippen LogP contribution in [0.2, 0.25) is 0 Å². The Hall–Kier alpha value is -0.870. The van der Waals surface area contributed by atoms with Gasteiger partial charge in [-0.05, 0) is 25.3 Å². The molecule has 1 heterocycles. The molecule has 0 unspecified atom stereocenters. The highest BCUT2D eigenvalue weighted by Gasteiger charge is 2.14. The van der Waals surface area contributed by atoms with E-state index in [1.54, 1.807) is 26.0 Å².